The molecular weight excluding hydrogens is 198 g/mol. The molecule has 1 saturated carbocycles. The molecule has 1 aliphatic rings. The minimum absolute atomic E-state index is 0.129. The van der Waals surface area contributed by atoms with Crippen molar-refractivity contribution in [2.45, 2.75) is 38.1 Å². The highest BCUT2D eigenvalue weighted by molar-refractivity contribution is 5.83. The van der Waals surface area contributed by atoms with Crippen LogP contribution in [0.3, 0.4) is 0 Å². The summed E-state index contributed by atoms with van der Waals surface area (Å²) in [5.41, 5.74) is 9.79. The smallest absolute Gasteiger partial charge is 0.137 e. The average molecular weight is 215 g/mol. The lowest BCUT2D eigenvalue weighted by Gasteiger charge is -2.08. The first-order valence-electron chi connectivity index (χ1n) is 5.93. The van der Waals surface area contributed by atoms with Crippen molar-refractivity contribution in [1.82, 2.24) is 0 Å². The minimum atomic E-state index is 0.129. The molecule has 2 N–H and O–H groups in total. The van der Waals surface area contributed by atoms with Crippen molar-refractivity contribution >= 4 is 11.0 Å². The number of aryl methyl sites for hydroxylation is 2. The summed E-state index contributed by atoms with van der Waals surface area (Å²) < 4.78 is 5.62. The van der Waals surface area contributed by atoms with Gasteiger partial charge in [0.2, 0.25) is 0 Å². The Bertz CT molecular complexity index is 523. The molecule has 0 radical (unpaired) electrons. The molecule has 0 amide bonds. The van der Waals surface area contributed by atoms with E-state index in [1.54, 1.807) is 0 Å². The van der Waals surface area contributed by atoms with E-state index >= 15 is 0 Å². The molecule has 3 rings (SSSR count). The number of fused-ring (bicyclic) bond motifs is 1. The van der Waals surface area contributed by atoms with Gasteiger partial charge in [-0.15, -0.1) is 0 Å². The Morgan fingerprint density at radius 2 is 2.19 bits per heavy atom. The van der Waals surface area contributed by atoms with Crippen molar-refractivity contribution in [1.29, 1.82) is 0 Å². The van der Waals surface area contributed by atoms with Crippen LogP contribution in [0.5, 0.6) is 0 Å². The van der Waals surface area contributed by atoms with Crippen molar-refractivity contribution in [3.63, 3.8) is 0 Å². The first-order chi connectivity index (χ1) is 7.68. The van der Waals surface area contributed by atoms with Crippen LogP contribution in [0.2, 0.25) is 0 Å². The molecule has 0 spiro atoms. The highest BCUT2D eigenvalue weighted by Crippen LogP contribution is 2.37. The van der Waals surface area contributed by atoms with Crippen LogP contribution in [0.1, 0.15) is 30.4 Å². The van der Waals surface area contributed by atoms with Gasteiger partial charge in [0, 0.05) is 10.9 Å². The van der Waals surface area contributed by atoms with E-state index in [2.05, 4.69) is 25.1 Å². The highest BCUT2D eigenvalue weighted by Gasteiger charge is 2.37. The van der Waals surface area contributed by atoms with E-state index in [0.717, 1.165) is 18.4 Å². The Morgan fingerprint density at radius 3 is 2.94 bits per heavy atom. The van der Waals surface area contributed by atoms with Crippen molar-refractivity contribution in [3.8, 4) is 0 Å². The summed E-state index contributed by atoms with van der Waals surface area (Å²) in [7, 11) is 0. The second-order valence-corrected chi connectivity index (χ2v) is 5.07. The van der Waals surface area contributed by atoms with Gasteiger partial charge in [-0.3, -0.25) is 0 Å². The molecule has 2 heteroatoms. The third-order valence-electron chi connectivity index (χ3n) is 3.66. The Labute approximate surface area is 95.4 Å². The lowest BCUT2D eigenvalue weighted by atomic mass is 10.0. The number of rotatable bonds is 3. The third-order valence-corrected chi connectivity index (χ3v) is 3.66. The molecule has 2 nitrogen and oxygen atoms in total. The number of furan rings is 1. The highest BCUT2D eigenvalue weighted by atomic mass is 16.3. The minimum Gasteiger partial charge on any atom is -0.464 e. The zero-order valence-electron chi connectivity index (χ0n) is 9.62. The normalized spacial score (nSPS) is 17.9. The Kier molecular flexibility index (Phi) is 2.08. The van der Waals surface area contributed by atoms with Crippen molar-refractivity contribution < 1.29 is 4.42 Å². The molecule has 0 saturated heterocycles. The molecule has 0 atom stereocenters. The van der Waals surface area contributed by atoms with Crippen LogP contribution in [0.25, 0.3) is 11.0 Å². The predicted molar refractivity (Wildman–Crippen MR) is 65.4 cm³/mol. The molecular formula is C14H17NO. The Hall–Kier alpha value is -1.28. The molecule has 2 aromatic rings. The second kappa shape index (κ2) is 3.36. The monoisotopic (exact) mass is 215 g/mol. The summed E-state index contributed by atoms with van der Waals surface area (Å²) >= 11 is 0. The van der Waals surface area contributed by atoms with Gasteiger partial charge < -0.3 is 10.2 Å². The van der Waals surface area contributed by atoms with E-state index in [4.69, 9.17) is 10.2 Å². The van der Waals surface area contributed by atoms with Crippen molar-refractivity contribution in [3.05, 3.63) is 35.6 Å². The molecule has 1 fully saturated rings. The lowest BCUT2D eigenvalue weighted by molar-refractivity contribution is 0.587. The molecule has 1 aromatic carbocycles. The van der Waals surface area contributed by atoms with E-state index in [1.165, 1.54) is 29.4 Å². The average Bonchev–Trinajstić information content (AvgIpc) is 2.90. The summed E-state index contributed by atoms with van der Waals surface area (Å²) in [6, 6.07) is 6.38. The maximum absolute atomic E-state index is 6.11. The van der Waals surface area contributed by atoms with Crippen LogP contribution in [-0.2, 0) is 6.42 Å². The first-order valence-corrected chi connectivity index (χ1v) is 5.93. The van der Waals surface area contributed by atoms with Gasteiger partial charge in [-0.2, -0.15) is 0 Å². The summed E-state index contributed by atoms with van der Waals surface area (Å²) in [6.07, 6.45) is 6.30. The maximum atomic E-state index is 6.11. The Morgan fingerprint density at radius 1 is 1.38 bits per heavy atom. The molecule has 1 aromatic heterocycles. The fourth-order valence-corrected chi connectivity index (χ4v) is 2.24. The number of hydrogen-bond acceptors (Lipinski definition) is 2. The summed E-state index contributed by atoms with van der Waals surface area (Å²) in [5.74, 6) is 0. The van der Waals surface area contributed by atoms with Crippen LogP contribution in [0.4, 0.5) is 0 Å². The van der Waals surface area contributed by atoms with E-state index in [0.29, 0.717) is 0 Å². The zero-order chi connectivity index (χ0) is 11.2. The van der Waals surface area contributed by atoms with Gasteiger partial charge >= 0.3 is 0 Å². The number of para-hydroxylation sites is 1. The van der Waals surface area contributed by atoms with Gasteiger partial charge in [0.25, 0.3) is 0 Å². The SMILES string of the molecule is Cc1coc2c(CCC3(N)CC3)cccc12. The lowest BCUT2D eigenvalue weighted by Crippen LogP contribution is -2.22. The van der Waals surface area contributed by atoms with Gasteiger partial charge in [0.05, 0.1) is 6.26 Å². The van der Waals surface area contributed by atoms with E-state index in [9.17, 15) is 0 Å². The number of hydrogen-bond donors (Lipinski definition) is 1. The second-order valence-electron chi connectivity index (χ2n) is 5.07. The van der Waals surface area contributed by atoms with E-state index in [1.807, 2.05) is 6.26 Å². The first kappa shape index (κ1) is 9.91. The van der Waals surface area contributed by atoms with Gasteiger partial charge in [-0.25, -0.2) is 0 Å². The Balaban J connectivity index is 1.90. The van der Waals surface area contributed by atoms with Gasteiger partial charge in [0.15, 0.2) is 0 Å². The van der Waals surface area contributed by atoms with Crippen LogP contribution < -0.4 is 5.73 Å². The third kappa shape index (κ3) is 1.63. The molecule has 0 aliphatic heterocycles. The zero-order valence-corrected chi connectivity index (χ0v) is 9.62. The van der Waals surface area contributed by atoms with E-state index < -0.39 is 0 Å². The predicted octanol–water partition coefficient (Wildman–Crippen LogP) is 3.17. The fraction of sp³-hybridized carbons (Fsp3) is 0.429. The standard InChI is InChI=1S/C14H17NO/c1-10-9-16-13-11(3-2-4-12(10)13)5-6-14(15)7-8-14/h2-4,9H,5-8,15H2,1H3. The quantitative estimate of drug-likeness (QED) is 0.854. The van der Waals surface area contributed by atoms with Gasteiger partial charge in [0.1, 0.15) is 5.58 Å². The number of nitrogens with two attached hydrogens (primary N) is 1. The molecule has 84 valence electrons. The molecule has 1 heterocycles. The van der Waals surface area contributed by atoms with Crippen LogP contribution in [-0.4, -0.2) is 5.54 Å². The van der Waals surface area contributed by atoms with Gasteiger partial charge in [-0.1, -0.05) is 18.2 Å². The topological polar surface area (TPSA) is 39.2 Å². The van der Waals surface area contributed by atoms with E-state index in [-0.39, 0.29) is 5.54 Å². The van der Waals surface area contributed by atoms with Crippen molar-refractivity contribution in [2.24, 2.45) is 5.73 Å². The molecule has 16 heavy (non-hydrogen) atoms. The maximum Gasteiger partial charge on any atom is 0.137 e. The van der Waals surface area contributed by atoms with Crippen LogP contribution in [0.15, 0.2) is 28.9 Å². The molecule has 0 unspecified atom stereocenters. The summed E-state index contributed by atoms with van der Waals surface area (Å²) in [6.45, 7) is 2.08. The van der Waals surface area contributed by atoms with Gasteiger partial charge in [-0.05, 0) is 43.7 Å². The summed E-state index contributed by atoms with van der Waals surface area (Å²) in [4.78, 5) is 0. The summed E-state index contributed by atoms with van der Waals surface area (Å²) in [5, 5.41) is 1.24. The van der Waals surface area contributed by atoms with Crippen molar-refractivity contribution in [2.75, 3.05) is 0 Å². The largest absolute Gasteiger partial charge is 0.464 e. The van der Waals surface area contributed by atoms with Crippen LogP contribution >= 0.6 is 0 Å². The fourth-order valence-electron chi connectivity index (χ4n) is 2.24. The van der Waals surface area contributed by atoms with Crippen LogP contribution in [0, 0.1) is 6.92 Å². The molecule has 1 aliphatic carbocycles. The number of benzene rings is 1. The molecule has 0 bridgehead atoms.